The van der Waals surface area contributed by atoms with Gasteiger partial charge < -0.3 is 10.6 Å². The van der Waals surface area contributed by atoms with Crippen molar-refractivity contribution < 1.29 is 4.79 Å². The van der Waals surface area contributed by atoms with E-state index in [2.05, 4.69) is 53.7 Å². The molecule has 0 aliphatic carbocycles. The predicted octanol–water partition coefficient (Wildman–Crippen LogP) is 6.08. The lowest BCUT2D eigenvalue weighted by Gasteiger charge is -2.12. The van der Waals surface area contributed by atoms with Crippen molar-refractivity contribution >= 4 is 29.4 Å². The van der Waals surface area contributed by atoms with Crippen LogP contribution >= 0.6 is 0 Å². The molecule has 2 N–H and O–H groups in total. The fourth-order valence-corrected chi connectivity index (χ4v) is 3.06. The molecular weight excluding hydrogens is 370 g/mol. The number of rotatable bonds is 8. The number of carbonyl (C=O) groups is 1. The van der Waals surface area contributed by atoms with E-state index in [1.807, 2.05) is 49.4 Å². The van der Waals surface area contributed by atoms with Crippen molar-refractivity contribution in [3.05, 3.63) is 89.2 Å². The third-order valence-corrected chi connectivity index (χ3v) is 4.84. The first kappa shape index (κ1) is 21.3. The number of hydrogen-bond acceptors (Lipinski definition) is 3. The summed E-state index contributed by atoms with van der Waals surface area (Å²) in [4.78, 5) is 16.4. The zero-order valence-corrected chi connectivity index (χ0v) is 17.9. The van der Waals surface area contributed by atoms with Crippen molar-refractivity contribution in [3.8, 4) is 0 Å². The van der Waals surface area contributed by atoms with Crippen LogP contribution in [-0.2, 0) is 0 Å². The molecule has 154 valence electrons. The number of carbonyl (C=O) groups excluding carboxylic acids is 1. The summed E-state index contributed by atoms with van der Waals surface area (Å²) >= 11 is 0. The summed E-state index contributed by atoms with van der Waals surface area (Å²) in [5.74, 6) is 0.558. The molecule has 4 heteroatoms. The van der Waals surface area contributed by atoms with Crippen LogP contribution in [0.3, 0.4) is 0 Å². The van der Waals surface area contributed by atoms with Gasteiger partial charge in [0.2, 0.25) is 0 Å². The van der Waals surface area contributed by atoms with E-state index >= 15 is 0 Å². The van der Waals surface area contributed by atoms with E-state index in [-0.39, 0.29) is 5.91 Å². The Kier molecular flexibility index (Phi) is 7.39. The number of pyridine rings is 1. The first-order chi connectivity index (χ1) is 14.5. The molecule has 0 fully saturated rings. The van der Waals surface area contributed by atoms with Gasteiger partial charge in [0.1, 0.15) is 0 Å². The third kappa shape index (κ3) is 6.31. The number of hydrogen-bond donors (Lipinski definition) is 2. The number of amides is 1. The Bertz CT molecular complexity index is 1010. The molecule has 0 saturated heterocycles. The Morgan fingerprint density at radius 1 is 1.00 bits per heavy atom. The van der Waals surface area contributed by atoms with Gasteiger partial charge in [-0.1, -0.05) is 38.1 Å². The summed E-state index contributed by atoms with van der Waals surface area (Å²) in [6.45, 7) is 7.02. The van der Waals surface area contributed by atoms with Gasteiger partial charge in [-0.3, -0.25) is 9.78 Å². The van der Waals surface area contributed by atoms with Gasteiger partial charge >= 0.3 is 0 Å². The van der Waals surface area contributed by atoms with E-state index in [1.54, 1.807) is 12.4 Å². The van der Waals surface area contributed by atoms with Crippen LogP contribution in [0.2, 0.25) is 0 Å². The van der Waals surface area contributed by atoms with Crippen molar-refractivity contribution in [1.29, 1.82) is 0 Å². The van der Waals surface area contributed by atoms with Crippen molar-refractivity contribution in [2.45, 2.75) is 27.2 Å². The summed E-state index contributed by atoms with van der Waals surface area (Å²) in [5.41, 5.74) is 5.94. The Hall–Kier alpha value is -3.40. The van der Waals surface area contributed by atoms with Gasteiger partial charge in [-0.2, -0.15) is 0 Å². The van der Waals surface area contributed by atoms with Crippen LogP contribution in [-0.4, -0.2) is 17.4 Å². The summed E-state index contributed by atoms with van der Waals surface area (Å²) in [5, 5.41) is 6.45. The molecule has 0 aliphatic heterocycles. The maximum absolute atomic E-state index is 12.3. The number of aryl methyl sites for hydroxylation is 1. The number of aromatic nitrogens is 1. The molecule has 0 bridgehead atoms. The van der Waals surface area contributed by atoms with Gasteiger partial charge in [0.15, 0.2) is 0 Å². The van der Waals surface area contributed by atoms with Crippen LogP contribution in [0.4, 0.5) is 11.4 Å². The SMILES string of the molecule is Cc1cc(C(=O)NCCC(C)C)ccc1Nc1cccc(/C=C/c2ccncc2)c1. The number of nitrogens with zero attached hydrogens (tertiary/aromatic N) is 1. The molecule has 2 aromatic carbocycles. The zero-order valence-electron chi connectivity index (χ0n) is 17.9. The lowest BCUT2D eigenvalue weighted by Crippen LogP contribution is -2.25. The second kappa shape index (κ2) is 10.4. The molecule has 1 heterocycles. The molecule has 3 rings (SSSR count). The Labute approximate surface area is 179 Å². The molecule has 0 radical (unpaired) electrons. The van der Waals surface area contributed by atoms with E-state index in [0.29, 0.717) is 18.0 Å². The van der Waals surface area contributed by atoms with E-state index < -0.39 is 0 Å². The van der Waals surface area contributed by atoms with Crippen molar-refractivity contribution in [1.82, 2.24) is 10.3 Å². The van der Waals surface area contributed by atoms with E-state index in [4.69, 9.17) is 0 Å². The number of nitrogens with one attached hydrogen (secondary N) is 2. The molecule has 4 nitrogen and oxygen atoms in total. The summed E-state index contributed by atoms with van der Waals surface area (Å²) in [7, 11) is 0. The van der Waals surface area contributed by atoms with E-state index in [0.717, 1.165) is 34.5 Å². The Morgan fingerprint density at radius 2 is 1.77 bits per heavy atom. The van der Waals surface area contributed by atoms with Crippen LogP contribution < -0.4 is 10.6 Å². The lowest BCUT2D eigenvalue weighted by atomic mass is 10.1. The minimum absolute atomic E-state index is 0.0199. The van der Waals surface area contributed by atoms with Gasteiger partial charge in [-0.15, -0.1) is 0 Å². The average Bonchev–Trinajstić information content (AvgIpc) is 2.74. The Balaban J connectivity index is 1.66. The lowest BCUT2D eigenvalue weighted by molar-refractivity contribution is 0.0952. The largest absolute Gasteiger partial charge is 0.355 e. The monoisotopic (exact) mass is 399 g/mol. The van der Waals surface area contributed by atoms with Crippen molar-refractivity contribution in [3.63, 3.8) is 0 Å². The fraction of sp³-hybridized carbons (Fsp3) is 0.231. The first-order valence-electron chi connectivity index (χ1n) is 10.4. The summed E-state index contributed by atoms with van der Waals surface area (Å²) < 4.78 is 0. The number of benzene rings is 2. The highest BCUT2D eigenvalue weighted by atomic mass is 16.1. The minimum Gasteiger partial charge on any atom is -0.355 e. The van der Waals surface area contributed by atoms with Gasteiger partial charge in [0, 0.05) is 35.9 Å². The molecule has 0 saturated carbocycles. The van der Waals surface area contributed by atoms with Crippen LogP contribution in [0.15, 0.2) is 67.0 Å². The van der Waals surface area contributed by atoms with Gasteiger partial charge in [-0.05, 0) is 78.4 Å². The van der Waals surface area contributed by atoms with Crippen LogP contribution in [0.5, 0.6) is 0 Å². The topological polar surface area (TPSA) is 54.0 Å². The molecule has 0 spiro atoms. The average molecular weight is 400 g/mol. The van der Waals surface area contributed by atoms with Crippen molar-refractivity contribution in [2.24, 2.45) is 5.92 Å². The molecule has 3 aromatic rings. The van der Waals surface area contributed by atoms with Crippen LogP contribution in [0.25, 0.3) is 12.2 Å². The highest BCUT2D eigenvalue weighted by molar-refractivity contribution is 5.95. The smallest absolute Gasteiger partial charge is 0.251 e. The maximum Gasteiger partial charge on any atom is 0.251 e. The summed E-state index contributed by atoms with van der Waals surface area (Å²) in [6.07, 6.45) is 8.70. The molecule has 0 unspecified atom stereocenters. The normalized spacial score (nSPS) is 11.1. The van der Waals surface area contributed by atoms with Gasteiger partial charge in [0.05, 0.1) is 0 Å². The predicted molar refractivity (Wildman–Crippen MR) is 126 cm³/mol. The molecule has 0 aliphatic rings. The molecule has 1 amide bonds. The molecular formula is C26H29N3O. The highest BCUT2D eigenvalue weighted by Gasteiger charge is 2.08. The summed E-state index contributed by atoms with van der Waals surface area (Å²) in [6, 6.07) is 17.9. The van der Waals surface area contributed by atoms with Gasteiger partial charge in [-0.25, -0.2) is 0 Å². The Morgan fingerprint density at radius 3 is 2.50 bits per heavy atom. The quantitative estimate of drug-likeness (QED) is 0.483. The number of anilines is 2. The maximum atomic E-state index is 12.3. The van der Waals surface area contributed by atoms with Crippen molar-refractivity contribution in [2.75, 3.05) is 11.9 Å². The molecule has 30 heavy (non-hydrogen) atoms. The second-order valence-electron chi connectivity index (χ2n) is 7.83. The van der Waals surface area contributed by atoms with E-state index in [9.17, 15) is 4.79 Å². The van der Waals surface area contributed by atoms with Crippen LogP contribution in [0, 0.1) is 12.8 Å². The molecule has 1 aromatic heterocycles. The second-order valence-corrected chi connectivity index (χ2v) is 7.83. The molecule has 0 atom stereocenters. The first-order valence-corrected chi connectivity index (χ1v) is 10.4. The standard InChI is InChI=1S/C26H29N3O/c1-19(2)11-16-28-26(30)23-9-10-25(20(3)17-23)29-24-6-4-5-22(18-24)8-7-21-12-14-27-15-13-21/h4-10,12-15,17-19,29H,11,16H2,1-3H3,(H,28,30)/b8-7+. The van der Waals surface area contributed by atoms with Crippen LogP contribution in [0.1, 0.15) is 47.3 Å². The third-order valence-electron chi connectivity index (χ3n) is 4.84. The van der Waals surface area contributed by atoms with Gasteiger partial charge in [0.25, 0.3) is 5.91 Å². The zero-order chi connectivity index (χ0) is 21.3. The fourth-order valence-electron chi connectivity index (χ4n) is 3.06. The minimum atomic E-state index is -0.0199. The highest BCUT2D eigenvalue weighted by Crippen LogP contribution is 2.23. The van der Waals surface area contributed by atoms with E-state index in [1.165, 1.54) is 0 Å².